The number of anilines is 2. The van der Waals surface area contributed by atoms with Crippen LogP contribution in [0.15, 0.2) is 42.5 Å². The SMILES string of the molecule is OCCn1nnc(-c2ccccc2Nc2cc(F)cc(F)c2)n1. The van der Waals surface area contributed by atoms with Crippen LogP contribution >= 0.6 is 0 Å². The zero-order valence-electron chi connectivity index (χ0n) is 11.9. The van der Waals surface area contributed by atoms with E-state index in [0.29, 0.717) is 17.1 Å². The van der Waals surface area contributed by atoms with Crippen molar-refractivity contribution >= 4 is 11.4 Å². The third kappa shape index (κ3) is 3.49. The van der Waals surface area contributed by atoms with Crippen LogP contribution in [0.2, 0.25) is 0 Å². The maximum Gasteiger partial charge on any atom is 0.207 e. The van der Waals surface area contributed by atoms with Gasteiger partial charge >= 0.3 is 0 Å². The molecule has 0 spiro atoms. The second-order valence-corrected chi connectivity index (χ2v) is 4.76. The lowest BCUT2D eigenvalue weighted by Crippen LogP contribution is -2.05. The van der Waals surface area contributed by atoms with Gasteiger partial charge in [0.1, 0.15) is 11.6 Å². The Morgan fingerprint density at radius 2 is 1.83 bits per heavy atom. The van der Waals surface area contributed by atoms with Crippen LogP contribution in [0, 0.1) is 11.6 Å². The molecule has 0 saturated heterocycles. The molecule has 3 aromatic rings. The number of rotatable bonds is 5. The Labute approximate surface area is 130 Å². The number of aromatic nitrogens is 4. The first kappa shape index (κ1) is 15.0. The quantitative estimate of drug-likeness (QED) is 0.755. The largest absolute Gasteiger partial charge is 0.394 e. The van der Waals surface area contributed by atoms with E-state index in [1.165, 1.54) is 16.9 Å². The Bertz CT molecular complexity index is 801. The highest BCUT2D eigenvalue weighted by molar-refractivity contribution is 5.77. The number of hydrogen-bond donors (Lipinski definition) is 2. The summed E-state index contributed by atoms with van der Waals surface area (Å²) in [6.07, 6.45) is 0. The second-order valence-electron chi connectivity index (χ2n) is 4.76. The van der Waals surface area contributed by atoms with Crippen molar-refractivity contribution in [1.29, 1.82) is 0 Å². The average molecular weight is 317 g/mol. The van der Waals surface area contributed by atoms with Crippen molar-refractivity contribution in [2.75, 3.05) is 11.9 Å². The lowest BCUT2D eigenvalue weighted by Gasteiger charge is -2.10. The average Bonchev–Trinajstić information content (AvgIpc) is 2.95. The Morgan fingerprint density at radius 3 is 2.57 bits per heavy atom. The lowest BCUT2D eigenvalue weighted by molar-refractivity contribution is 0.259. The Balaban J connectivity index is 1.93. The molecule has 8 heteroatoms. The van der Waals surface area contributed by atoms with Crippen LogP contribution in [0.25, 0.3) is 11.4 Å². The van der Waals surface area contributed by atoms with Gasteiger partial charge in [-0.25, -0.2) is 8.78 Å². The summed E-state index contributed by atoms with van der Waals surface area (Å²) in [7, 11) is 0. The van der Waals surface area contributed by atoms with Crippen molar-refractivity contribution in [3.05, 3.63) is 54.1 Å². The maximum atomic E-state index is 13.3. The molecule has 0 amide bonds. The van der Waals surface area contributed by atoms with Crippen molar-refractivity contribution in [1.82, 2.24) is 20.2 Å². The van der Waals surface area contributed by atoms with Crippen molar-refractivity contribution < 1.29 is 13.9 Å². The monoisotopic (exact) mass is 317 g/mol. The van der Waals surface area contributed by atoms with Crippen LogP contribution in [0.1, 0.15) is 0 Å². The molecule has 1 heterocycles. The van der Waals surface area contributed by atoms with Crippen LogP contribution < -0.4 is 5.32 Å². The number of para-hydroxylation sites is 1. The van der Waals surface area contributed by atoms with Gasteiger partial charge in [0.05, 0.1) is 13.2 Å². The van der Waals surface area contributed by atoms with Gasteiger partial charge in [-0.15, -0.1) is 10.2 Å². The van der Waals surface area contributed by atoms with Gasteiger partial charge in [-0.1, -0.05) is 12.1 Å². The summed E-state index contributed by atoms with van der Waals surface area (Å²) < 4.78 is 26.6. The first-order valence-corrected chi connectivity index (χ1v) is 6.87. The van der Waals surface area contributed by atoms with E-state index in [1.807, 2.05) is 0 Å². The minimum absolute atomic E-state index is 0.0989. The molecule has 1 aromatic heterocycles. The number of aliphatic hydroxyl groups excluding tert-OH is 1. The fraction of sp³-hybridized carbons (Fsp3) is 0.133. The molecule has 0 atom stereocenters. The summed E-state index contributed by atoms with van der Waals surface area (Å²) in [6.45, 7) is 0.135. The normalized spacial score (nSPS) is 10.7. The third-order valence-corrected chi connectivity index (χ3v) is 3.06. The van der Waals surface area contributed by atoms with Gasteiger partial charge in [0, 0.05) is 23.0 Å². The molecule has 0 bridgehead atoms. The fourth-order valence-electron chi connectivity index (χ4n) is 2.10. The summed E-state index contributed by atoms with van der Waals surface area (Å²) in [5, 5.41) is 23.7. The molecule has 0 radical (unpaired) electrons. The highest BCUT2D eigenvalue weighted by Gasteiger charge is 2.11. The number of nitrogens with one attached hydrogen (secondary N) is 1. The van der Waals surface area contributed by atoms with Gasteiger partial charge in [0.25, 0.3) is 0 Å². The number of tetrazole rings is 1. The summed E-state index contributed by atoms with van der Waals surface area (Å²) >= 11 is 0. The van der Waals surface area contributed by atoms with E-state index in [-0.39, 0.29) is 18.8 Å². The van der Waals surface area contributed by atoms with E-state index >= 15 is 0 Å². The van der Waals surface area contributed by atoms with E-state index in [2.05, 4.69) is 20.7 Å². The van der Waals surface area contributed by atoms with E-state index in [1.54, 1.807) is 24.3 Å². The Morgan fingerprint density at radius 1 is 1.09 bits per heavy atom. The summed E-state index contributed by atoms with van der Waals surface area (Å²) in [5.41, 5.74) is 1.49. The second kappa shape index (κ2) is 6.49. The van der Waals surface area contributed by atoms with Crippen LogP contribution in [0.3, 0.4) is 0 Å². The van der Waals surface area contributed by atoms with Crippen LogP contribution in [-0.2, 0) is 6.54 Å². The smallest absolute Gasteiger partial charge is 0.207 e. The summed E-state index contributed by atoms with van der Waals surface area (Å²) in [6, 6.07) is 10.3. The topological polar surface area (TPSA) is 75.9 Å². The van der Waals surface area contributed by atoms with Gasteiger partial charge in [0.2, 0.25) is 5.82 Å². The molecule has 118 valence electrons. The lowest BCUT2D eigenvalue weighted by atomic mass is 10.1. The molecule has 0 saturated carbocycles. The molecule has 0 aliphatic heterocycles. The molecule has 0 unspecified atom stereocenters. The van der Waals surface area contributed by atoms with E-state index in [9.17, 15) is 8.78 Å². The molecule has 0 aliphatic carbocycles. The van der Waals surface area contributed by atoms with Gasteiger partial charge in [0.15, 0.2) is 0 Å². The van der Waals surface area contributed by atoms with Gasteiger partial charge in [-0.05, 0) is 29.5 Å². The third-order valence-electron chi connectivity index (χ3n) is 3.06. The van der Waals surface area contributed by atoms with E-state index in [0.717, 1.165) is 6.07 Å². The molecule has 2 N–H and O–H groups in total. The van der Waals surface area contributed by atoms with Crippen LogP contribution in [-0.4, -0.2) is 31.9 Å². The Kier molecular flexibility index (Phi) is 4.24. The molecular formula is C15H13F2N5O. The maximum absolute atomic E-state index is 13.3. The van der Waals surface area contributed by atoms with Gasteiger partial charge in [-0.3, -0.25) is 0 Å². The van der Waals surface area contributed by atoms with Gasteiger partial charge in [-0.2, -0.15) is 4.80 Å². The predicted octanol–water partition coefficient (Wildman–Crippen LogP) is 2.35. The zero-order valence-corrected chi connectivity index (χ0v) is 11.9. The molecule has 2 aromatic carbocycles. The van der Waals surface area contributed by atoms with Crippen LogP contribution in [0.4, 0.5) is 20.2 Å². The number of nitrogens with zero attached hydrogens (tertiary/aromatic N) is 4. The standard InChI is InChI=1S/C15H13F2N5O/c16-10-7-11(17)9-12(8-10)18-14-4-2-1-3-13(14)15-19-21-22(20-15)5-6-23/h1-4,7-9,18,23H,5-6H2. The molecule has 3 rings (SSSR count). The van der Waals surface area contributed by atoms with Crippen molar-refractivity contribution in [3.63, 3.8) is 0 Å². The minimum Gasteiger partial charge on any atom is -0.394 e. The fourth-order valence-corrected chi connectivity index (χ4v) is 2.10. The molecule has 23 heavy (non-hydrogen) atoms. The number of aliphatic hydroxyl groups is 1. The molecular weight excluding hydrogens is 304 g/mol. The Hall–Kier alpha value is -2.87. The molecule has 0 fully saturated rings. The zero-order chi connectivity index (χ0) is 16.2. The highest BCUT2D eigenvalue weighted by Crippen LogP contribution is 2.28. The highest BCUT2D eigenvalue weighted by atomic mass is 19.1. The first-order chi connectivity index (χ1) is 11.2. The number of hydrogen-bond acceptors (Lipinski definition) is 5. The van der Waals surface area contributed by atoms with Crippen LogP contribution in [0.5, 0.6) is 0 Å². The predicted molar refractivity (Wildman–Crippen MR) is 80.0 cm³/mol. The molecule has 6 nitrogen and oxygen atoms in total. The minimum atomic E-state index is -0.669. The molecule has 0 aliphatic rings. The van der Waals surface area contributed by atoms with E-state index in [4.69, 9.17) is 5.11 Å². The first-order valence-electron chi connectivity index (χ1n) is 6.87. The van der Waals surface area contributed by atoms with Crippen molar-refractivity contribution in [2.45, 2.75) is 6.54 Å². The van der Waals surface area contributed by atoms with Crippen molar-refractivity contribution in [3.8, 4) is 11.4 Å². The summed E-state index contributed by atoms with van der Waals surface area (Å²) in [4.78, 5) is 1.27. The number of benzene rings is 2. The van der Waals surface area contributed by atoms with Gasteiger partial charge < -0.3 is 10.4 Å². The van der Waals surface area contributed by atoms with Crippen molar-refractivity contribution in [2.24, 2.45) is 0 Å². The number of halogens is 2. The van der Waals surface area contributed by atoms with E-state index < -0.39 is 11.6 Å². The summed E-state index contributed by atoms with van der Waals surface area (Å²) in [5.74, 6) is -0.993.